The Kier molecular flexibility index (Phi) is 3.90. The van der Waals surface area contributed by atoms with Crippen LogP contribution in [0.25, 0.3) is 0 Å². The highest BCUT2D eigenvalue weighted by atomic mass is 19.1. The molecule has 0 N–H and O–H groups in total. The number of piperidine rings is 1. The summed E-state index contributed by atoms with van der Waals surface area (Å²) < 4.78 is 19.3. The van der Waals surface area contributed by atoms with Crippen molar-refractivity contribution < 1.29 is 18.7 Å². The third-order valence-electron chi connectivity index (χ3n) is 5.22. The minimum atomic E-state index is -1.65. The number of fused-ring (bicyclic) bond motifs is 1. The second kappa shape index (κ2) is 5.55. The molecular formula is C15H23FN2O3. The summed E-state index contributed by atoms with van der Waals surface area (Å²) in [6.45, 7) is 2.77. The molecule has 3 fully saturated rings. The quantitative estimate of drug-likeness (QED) is 0.772. The summed E-state index contributed by atoms with van der Waals surface area (Å²) in [6, 6.07) is 0. The number of rotatable bonds is 4. The van der Waals surface area contributed by atoms with Crippen LogP contribution in [0.3, 0.4) is 0 Å². The Morgan fingerprint density at radius 3 is 2.81 bits per heavy atom. The number of halogens is 1. The summed E-state index contributed by atoms with van der Waals surface area (Å²) in [5.74, 6) is -0.244. The van der Waals surface area contributed by atoms with E-state index in [2.05, 4.69) is 0 Å². The van der Waals surface area contributed by atoms with E-state index in [-0.39, 0.29) is 23.7 Å². The summed E-state index contributed by atoms with van der Waals surface area (Å²) >= 11 is 0. The molecule has 6 heteroatoms. The standard InChI is InChI=1S/C15H23FN2O3/c1-21-8-7-17-6-3-11-9-18(10-12(11)13(17)19)14(20)15(16)4-2-5-15/h11-12H,2-10H2,1H3/t11-,12+/m0/s1. The number of likely N-dealkylation sites (tertiary alicyclic amines) is 2. The molecule has 118 valence electrons. The van der Waals surface area contributed by atoms with Crippen LogP contribution in [0.1, 0.15) is 25.7 Å². The fourth-order valence-electron chi connectivity index (χ4n) is 3.68. The van der Waals surface area contributed by atoms with Gasteiger partial charge in [-0.1, -0.05) is 0 Å². The van der Waals surface area contributed by atoms with Crippen LogP contribution in [-0.2, 0) is 14.3 Å². The second-order valence-electron chi connectivity index (χ2n) is 6.50. The Balaban J connectivity index is 1.62. The average Bonchev–Trinajstić information content (AvgIpc) is 2.88. The molecule has 0 aromatic carbocycles. The molecule has 2 heterocycles. The van der Waals surface area contributed by atoms with Gasteiger partial charge in [-0.25, -0.2) is 4.39 Å². The number of alkyl halides is 1. The molecule has 5 nitrogen and oxygen atoms in total. The van der Waals surface area contributed by atoms with E-state index in [0.29, 0.717) is 45.6 Å². The lowest BCUT2D eigenvalue weighted by atomic mass is 9.81. The molecule has 2 amide bonds. The van der Waals surface area contributed by atoms with Crippen molar-refractivity contribution in [3.8, 4) is 0 Å². The van der Waals surface area contributed by atoms with Gasteiger partial charge in [-0.2, -0.15) is 0 Å². The molecule has 0 aromatic heterocycles. The van der Waals surface area contributed by atoms with Gasteiger partial charge in [0.2, 0.25) is 5.91 Å². The summed E-state index contributed by atoms with van der Waals surface area (Å²) in [6.07, 6.45) is 2.35. The molecule has 1 saturated carbocycles. The SMILES string of the molecule is COCCN1CC[C@H]2CN(C(=O)C3(F)CCC3)C[C@H]2C1=O. The highest BCUT2D eigenvalue weighted by molar-refractivity contribution is 5.88. The third kappa shape index (κ3) is 2.54. The number of carbonyl (C=O) groups excluding carboxylic acids is 2. The van der Waals surface area contributed by atoms with E-state index in [0.717, 1.165) is 12.8 Å². The minimum absolute atomic E-state index is 0.0973. The first-order valence-electron chi connectivity index (χ1n) is 7.81. The normalized spacial score (nSPS) is 31.0. The maximum Gasteiger partial charge on any atom is 0.260 e. The van der Waals surface area contributed by atoms with Gasteiger partial charge in [-0.15, -0.1) is 0 Å². The monoisotopic (exact) mass is 298 g/mol. The molecule has 2 atom stereocenters. The summed E-state index contributed by atoms with van der Waals surface area (Å²) in [4.78, 5) is 28.1. The molecule has 3 rings (SSSR count). The van der Waals surface area contributed by atoms with Crippen LogP contribution in [0, 0.1) is 11.8 Å². The second-order valence-corrected chi connectivity index (χ2v) is 6.50. The van der Waals surface area contributed by atoms with E-state index in [1.165, 1.54) is 0 Å². The maximum absolute atomic E-state index is 14.3. The Hall–Kier alpha value is -1.17. The zero-order valence-corrected chi connectivity index (χ0v) is 12.5. The van der Waals surface area contributed by atoms with E-state index in [1.54, 1.807) is 12.0 Å². The van der Waals surface area contributed by atoms with Gasteiger partial charge in [0.15, 0.2) is 5.67 Å². The number of hydrogen-bond donors (Lipinski definition) is 0. The van der Waals surface area contributed by atoms with E-state index in [4.69, 9.17) is 4.74 Å². The topological polar surface area (TPSA) is 49.9 Å². The Bertz CT molecular complexity index is 439. The van der Waals surface area contributed by atoms with Gasteiger partial charge in [-0.3, -0.25) is 9.59 Å². The van der Waals surface area contributed by atoms with Crippen molar-refractivity contribution in [2.24, 2.45) is 11.8 Å². The highest BCUT2D eigenvalue weighted by Crippen LogP contribution is 2.40. The molecule has 2 saturated heterocycles. The molecule has 0 unspecified atom stereocenters. The van der Waals surface area contributed by atoms with Crippen LogP contribution in [0.15, 0.2) is 0 Å². The zero-order valence-electron chi connectivity index (χ0n) is 12.5. The minimum Gasteiger partial charge on any atom is -0.383 e. The van der Waals surface area contributed by atoms with Crippen molar-refractivity contribution in [2.75, 3.05) is 39.9 Å². The van der Waals surface area contributed by atoms with Crippen molar-refractivity contribution in [1.29, 1.82) is 0 Å². The number of hydrogen-bond acceptors (Lipinski definition) is 3. The Morgan fingerprint density at radius 2 is 2.19 bits per heavy atom. The van der Waals surface area contributed by atoms with Crippen molar-refractivity contribution in [2.45, 2.75) is 31.4 Å². The lowest BCUT2D eigenvalue weighted by Gasteiger charge is -2.35. The maximum atomic E-state index is 14.3. The average molecular weight is 298 g/mol. The molecule has 0 radical (unpaired) electrons. The Labute approximate surface area is 124 Å². The molecule has 21 heavy (non-hydrogen) atoms. The van der Waals surface area contributed by atoms with E-state index >= 15 is 0 Å². The fourth-order valence-corrected chi connectivity index (χ4v) is 3.68. The fraction of sp³-hybridized carbons (Fsp3) is 0.867. The van der Waals surface area contributed by atoms with E-state index in [1.807, 2.05) is 4.90 Å². The van der Waals surface area contributed by atoms with Crippen molar-refractivity contribution in [1.82, 2.24) is 9.80 Å². The van der Waals surface area contributed by atoms with Gasteiger partial charge < -0.3 is 14.5 Å². The summed E-state index contributed by atoms with van der Waals surface area (Å²) in [5.41, 5.74) is -1.65. The number of nitrogens with zero attached hydrogens (tertiary/aromatic N) is 2. The van der Waals surface area contributed by atoms with Gasteiger partial charge >= 0.3 is 0 Å². The van der Waals surface area contributed by atoms with Crippen LogP contribution in [0.4, 0.5) is 4.39 Å². The van der Waals surface area contributed by atoms with Crippen molar-refractivity contribution in [3.05, 3.63) is 0 Å². The smallest absolute Gasteiger partial charge is 0.260 e. The first-order valence-corrected chi connectivity index (χ1v) is 7.81. The number of ether oxygens (including phenoxy) is 1. The molecule has 3 aliphatic rings. The molecule has 2 aliphatic heterocycles. The van der Waals surface area contributed by atoms with Crippen LogP contribution >= 0.6 is 0 Å². The van der Waals surface area contributed by atoms with Crippen LogP contribution in [-0.4, -0.2) is 67.2 Å². The number of amides is 2. The number of carbonyl (C=O) groups is 2. The molecular weight excluding hydrogens is 275 g/mol. The van der Waals surface area contributed by atoms with Crippen molar-refractivity contribution >= 4 is 11.8 Å². The highest BCUT2D eigenvalue weighted by Gasteiger charge is 2.51. The predicted molar refractivity (Wildman–Crippen MR) is 74.3 cm³/mol. The van der Waals surface area contributed by atoms with E-state index < -0.39 is 5.67 Å². The molecule has 1 aliphatic carbocycles. The van der Waals surface area contributed by atoms with Gasteiger partial charge in [0.25, 0.3) is 5.91 Å². The lowest BCUT2D eigenvalue weighted by Crippen LogP contribution is -2.50. The largest absolute Gasteiger partial charge is 0.383 e. The first kappa shape index (κ1) is 14.8. The zero-order chi connectivity index (χ0) is 15.0. The van der Waals surface area contributed by atoms with Crippen LogP contribution in [0.2, 0.25) is 0 Å². The summed E-state index contributed by atoms with van der Waals surface area (Å²) in [5, 5.41) is 0. The van der Waals surface area contributed by atoms with E-state index in [9.17, 15) is 14.0 Å². The lowest BCUT2D eigenvalue weighted by molar-refractivity contribution is -0.149. The van der Waals surface area contributed by atoms with Gasteiger partial charge in [-0.05, 0) is 31.6 Å². The molecule has 0 spiro atoms. The molecule has 0 bridgehead atoms. The van der Waals surface area contributed by atoms with Crippen molar-refractivity contribution in [3.63, 3.8) is 0 Å². The van der Waals surface area contributed by atoms with Gasteiger partial charge in [0, 0.05) is 33.3 Å². The predicted octanol–water partition coefficient (Wildman–Crippen LogP) is 0.832. The summed E-state index contributed by atoms with van der Waals surface area (Å²) in [7, 11) is 1.62. The third-order valence-corrected chi connectivity index (χ3v) is 5.22. The van der Waals surface area contributed by atoms with Gasteiger partial charge in [0.05, 0.1) is 12.5 Å². The van der Waals surface area contributed by atoms with Gasteiger partial charge in [0.1, 0.15) is 0 Å². The van der Waals surface area contributed by atoms with Crippen LogP contribution < -0.4 is 0 Å². The van der Waals surface area contributed by atoms with Crippen LogP contribution in [0.5, 0.6) is 0 Å². The Morgan fingerprint density at radius 1 is 1.43 bits per heavy atom. The first-order chi connectivity index (χ1) is 10.0. The number of methoxy groups -OCH3 is 1. The molecule has 0 aromatic rings.